The number of nitrogens with one attached hydrogen (secondary N) is 1. The zero-order chi connectivity index (χ0) is 22.0. The Hall–Kier alpha value is -3.11. The molecule has 1 fully saturated rings. The van der Waals surface area contributed by atoms with Crippen LogP contribution in [0.15, 0.2) is 53.8 Å². The van der Waals surface area contributed by atoms with Crippen LogP contribution in [-0.4, -0.2) is 53.9 Å². The fourth-order valence-corrected chi connectivity index (χ4v) is 5.15. The Kier molecular flexibility index (Phi) is 5.84. The molecule has 2 aromatic heterocycles. The zero-order valence-corrected chi connectivity index (χ0v) is 18.1. The molecule has 4 rings (SSSR count). The van der Waals surface area contributed by atoms with E-state index in [0.29, 0.717) is 49.2 Å². The van der Waals surface area contributed by atoms with Crippen molar-refractivity contribution in [2.45, 2.75) is 18.7 Å². The summed E-state index contributed by atoms with van der Waals surface area (Å²) in [6.07, 6.45) is 3.20. The second-order valence-corrected chi connectivity index (χ2v) is 9.31. The molecule has 1 aliphatic heterocycles. The molecule has 1 N–H and O–H groups in total. The highest BCUT2D eigenvalue weighted by atomic mass is 32.2. The molecule has 0 spiro atoms. The van der Waals surface area contributed by atoms with Gasteiger partial charge < -0.3 is 10.2 Å². The van der Waals surface area contributed by atoms with Gasteiger partial charge in [0.25, 0.3) is 0 Å². The first-order valence-corrected chi connectivity index (χ1v) is 11.3. The maximum absolute atomic E-state index is 13.4. The van der Waals surface area contributed by atoms with Gasteiger partial charge >= 0.3 is 0 Å². The lowest BCUT2D eigenvalue weighted by Gasteiger charge is -2.34. The van der Waals surface area contributed by atoms with Gasteiger partial charge in [0.05, 0.1) is 4.90 Å². The van der Waals surface area contributed by atoms with E-state index in [4.69, 9.17) is 0 Å². The number of hydrogen-bond donors (Lipinski definition) is 1. The number of piperazine rings is 1. The molecule has 0 atom stereocenters. The molecule has 0 unspecified atom stereocenters. The van der Waals surface area contributed by atoms with Crippen LogP contribution in [0.25, 0.3) is 0 Å². The highest BCUT2D eigenvalue weighted by molar-refractivity contribution is 7.89. The van der Waals surface area contributed by atoms with Crippen LogP contribution in [0.2, 0.25) is 0 Å². The second kappa shape index (κ2) is 8.56. The van der Waals surface area contributed by atoms with Crippen LogP contribution in [0.4, 0.5) is 21.8 Å². The number of benzene rings is 1. The number of hydrogen-bond acceptors (Lipinski definition) is 7. The third-order valence-electron chi connectivity index (χ3n) is 5.14. The minimum Gasteiger partial charge on any atom is -0.354 e. The molecule has 0 radical (unpaired) electrons. The topological polar surface area (TPSA) is 91.3 Å². The molecule has 0 aliphatic carbocycles. The maximum Gasteiger partial charge on any atom is 0.243 e. The van der Waals surface area contributed by atoms with Gasteiger partial charge in [-0.25, -0.2) is 27.8 Å². The summed E-state index contributed by atoms with van der Waals surface area (Å²) in [4.78, 5) is 15.0. The summed E-state index contributed by atoms with van der Waals surface area (Å²) in [6.45, 7) is 5.18. The Morgan fingerprint density at radius 3 is 2.39 bits per heavy atom. The van der Waals surface area contributed by atoms with E-state index in [1.807, 2.05) is 30.0 Å². The smallest absolute Gasteiger partial charge is 0.243 e. The summed E-state index contributed by atoms with van der Waals surface area (Å²) in [5.74, 6) is 1.56. The van der Waals surface area contributed by atoms with E-state index >= 15 is 0 Å². The lowest BCUT2D eigenvalue weighted by Crippen LogP contribution is -2.49. The molecular formula is C21H23FN6O2S. The standard InChI is InChI=1S/C21H23FN6O2S/c1-15-5-6-23-19(11-15)26-20-13-21(25-14-24-20)27-7-9-28(10-8-27)31(29,30)18-4-3-17(22)12-16(18)2/h3-6,11-14H,7-10H2,1-2H3,(H,23,24,25,26). The Bertz CT molecular complexity index is 1200. The third-order valence-corrected chi connectivity index (χ3v) is 7.20. The molecule has 0 bridgehead atoms. The largest absolute Gasteiger partial charge is 0.354 e. The second-order valence-electron chi connectivity index (χ2n) is 7.41. The van der Waals surface area contributed by atoms with Crippen LogP contribution in [-0.2, 0) is 10.0 Å². The van der Waals surface area contributed by atoms with Gasteiger partial charge in [0.1, 0.15) is 29.6 Å². The van der Waals surface area contributed by atoms with Crippen LogP contribution in [0, 0.1) is 19.7 Å². The maximum atomic E-state index is 13.4. The number of aromatic nitrogens is 3. The number of nitrogens with zero attached hydrogens (tertiary/aromatic N) is 5. The third kappa shape index (κ3) is 4.64. The van der Waals surface area contributed by atoms with Gasteiger partial charge in [-0.2, -0.15) is 4.31 Å². The summed E-state index contributed by atoms with van der Waals surface area (Å²) in [5.41, 5.74) is 1.49. The first-order chi connectivity index (χ1) is 14.8. The minimum absolute atomic E-state index is 0.140. The summed E-state index contributed by atoms with van der Waals surface area (Å²) in [6, 6.07) is 9.39. The van der Waals surface area contributed by atoms with Gasteiger partial charge in [0.15, 0.2) is 0 Å². The SMILES string of the molecule is Cc1ccnc(Nc2cc(N3CCN(S(=O)(=O)c4ccc(F)cc4C)CC3)ncn2)c1. The van der Waals surface area contributed by atoms with Crippen LogP contribution in [0.5, 0.6) is 0 Å². The Morgan fingerprint density at radius 2 is 1.68 bits per heavy atom. The Balaban J connectivity index is 1.45. The van der Waals surface area contributed by atoms with Gasteiger partial charge in [0.2, 0.25) is 10.0 Å². The fraction of sp³-hybridized carbons (Fsp3) is 0.286. The zero-order valence-electron chi connectivity index (χ0n) is 17.3. The van der Waals surface area contributed by atoms with Gasteiger partial charge in [0, 0.05) is 38.4 Å². The van der Waals surface area contributed by atoms with Gasteiger partial charge in [-0.15, -0.1) is 0 Å². The Morgan fingerprint density at radius 1 is 0.935 bits per heavy atom. The van der Waals surface area contributed by atoms with Crippen molar-refractivity contribution >= 4 is 27.5 Å². The molecule has 10 heteroatoms. The molecular weight excluding hydrogens is 419 g/mol. The van der Waals surface area contributed by atoms with Crippen LogP contribution >= 0.6 is 0 Å². The van der Waals surface area contributed by atoms with Crippen molar-refractivity contribution in [1.29, 1.82) is 0 Å². The van der Waals surface area contributed by atoms with E-state index in [0.717, 1.165) is 5.56 Å². The quantitative estimate of drug-likeness (QED) is 0.650. The van der Waals surface area contributed by atoms with E-state index < -0.39 is 15.8 Å². The van der Waals surface area contributed by atoms with E-state index in [9.17, 15) is 12.8 Å². The normalized spacial score (nSPS) is 15.1. The van der Waals surface area contributed by atoms with Crippen molar-refractivity contribution in [2.24, 2.45) is 0 Å². The molecule has 8 nitrogen and oxygen atoms in total. The van der Waals surface area contributed by atoms with Crippen molar-refractivity contribution in [1.82, 2.24) is 19.3 Å². The van der Waals surface area contributed by atoms with Crippen molar-refractivity contribution in [3.8, 4) is 0 Å². The molecule has 31 heavy (non-hydrogen) atoms. The predicted octanol–water partition coefficient (Wildman–Crippen LogP) is 2.88. The van der Waals surface area contributed by atoms with E-state index in [-0.39, 0.29) is 4.90 Å². The highest BCUT2D eigenvalue weighted by Crippen LogP contribution is 2.24. The van der Waals surface area contributed by atoms with Crippen molar-refractivity contribution < 1.29 is 12.8 Å². The molecule has 0 amide bonds. The lowest BCUT2D eigenvalue weighted by molar-refractivity contribution is 0.383. The average molecular weight is 443 g/mol. The predicted molar refractivity (Wildman–Crippen MR) is 116 cm³/mol. The number of anilines is 3. The van der Waals surface area contributed by atoms with Crippen molar-refractivity contribution in [3.05, 3.63) is 65.9 Å². The summed E-state index contributed by atoms with van der Waals surface area (Å²) < 4.78 is 40.8. The molecule has 162 valence electrons. The molecule has 1 aliphatic rings. The van der Waals surface area contributed by atoms with E-state index in [1.165, 1.54) is 28.8 Å². The van der Waals surface area contributed by atoms with Gasteiger partial charge in [-0.1, -0.05) is 0 Å². The molecule has 3 aromatic rings. The van der Waals surface area contributed by atoms with Crippen LogP contribution in [0.3, 0.4) is 0 Å². The monoisotopic (exact) mass is 442 g/mol. The first-order valence-electron chi connectivity index (χ1n) is 9.86. The minimum atomic E-state index is -3.68. The first kappa shape index (κ1) is 21.1. The molecule has 3 heterocycles. The van der Waals surface area contributed by atoms with Crippen molar-refractivity contribution in [3.63, 3.8) is 0 Å². The van der Waals surface area contributed by atoms with Gasteiger partial charge in [-0.05, 0) is 55.3 Å². The fourth-order valence-electron chi connectivity index (χ4n) is 3.52. The number of pyridine rings is 1. The van der Waals surface area contributed by atoms with E-state index in [1.54, 1.807) is 13.1 Å². The number of rotatable bonds is 5. The van der Waals surface area contributed by atoms with Gasteiger partial charge in [-0.3, -0.25) is 0 Å². The Labute approximate surface area is 180 Å². The van der Waals surface area contributed by atoms with Crippen LogP contribution < -0.4 is 10.2 Å². The molecule has 1 saturated heterocycles. The van der Waals surface area contributed by atoms with E-state index in [2.05, 4.69) is 20.3 Å². The summed E-state index contributed by atoms with van der Waals surface area (Å²) >= 11 is 0. The summed E-state index contributed by atoms with van der Waals surface area (Å²) in [5, 5.41) is 3.16. The average Bonchev–Trinajstić information content (AvgIpc) is 2.74. The highest BCUT2D eigenvalue weighted by Gasteiger charge is 2.30. The van der Waals surface area contributed by atoms with Crippen molar-refractivity contribution in [2.75, 3.05) is 36.4 Å². The number of aryl methyl sites for hydroxylation is 2. The van der Waals surface area contributed by atoms with Crippen LogP contribution in [0.1, 0.15) is 11.1 Å². The summed E-state index contributed by atoms with van der Waals surface area (Å²) in [7, 11) is -3.68. The number of sulfonamides is 1. The number of halogens is 1. The molecule has 1 aromatic carbocycles. The lowest BCUT2D eigenvalue weighted by atomic mass is 10.2. The molecule has 0 saturated carbocycles.